The predicted molar refractivity (Wildman–Crippen MR) is 91.2 cm³/mol. The molecule has 0 fully saturated rings. The van der Waals surface area contributed by atoms with Crippen molar-refractivity contribution in [1.29, 1.82) is 0 Å². The van der Waals surface area contributed by atoms with E-state index < -0.39 is 0 Å². The molecule has 0 heterocycles. The third kappa shape index (κ3) is 5.00. The zero-order valence-corrected chi connectivity index (χ0v) is 14.1. The number of rotatable bonds is 5. The molecule has 0 aromatic heterocycles. The molecular formula is C17H17BrN2O2. The van der Waals surface area contributed by atoms with Gasteiger partial charge >= 0.3 is 0 Å². The first-order chi connectivity index (χ1) is 10.5. The molecule has 0 saturated heterocycles. The molecule has 0 radical (unpaired) electrons. The van der Waals surface area contributed by atoms with Crippen LogP contribution in [0.5, 0.6) is 5.75 Å². The Morgan fingerprint density at radius 1 is 1.14 bits per heavy atom. The van der Waals surface area contributed by atoms with E-state index in [1.165, 1.54) is 5.56 Å². The molecule has 0 atom stereocenters. The van der Waals surface area contributed by atoms with Gasteiger partial charge in [0.15, 0.2) is 6.61 Å². The standard InChI is InChI=1S/C17H17BrN2O2/c1-12-3-5-14(6-4-12)13(2)19-20-17(21)11-22-16-9-7-15(18)8-10-16/h3-10H,11H2,1-2H3,(H,20,21)/b19-13+. The minimum atomic E-state index is -0.297. The molecule has 2 aromatic rings. The molecule has 22 heavy (non-hydrogen) atoms. The summed E-state index contributed by atoms with van der Waals surface area (Å²) in [6.45, 7) is 3.80. The number of aryl methyl sites for hydroxylation is 1. The van der Waals surface area contributed by atoms with Crippen molar-refractivity contribution < 1.29 is 9.53 Å². The highest BCUT2D eigenvalue weighted by Gasteiger charge is 2.03. The largest absolute Gasteiger partial charge is 0.484 e. The second-order valence-corrected chi connectivity index (χ2v) is 5.76. The van der Waals surface area contributed by atoms with E-state index in [9.17, 15) is 4.79 Å². The van der Waals surface area contributed by atoms with Crippen LogP contribution in [0, 0.1) is 6.92 Å². The zero-order chi connectivity index (χ0) is 15.9. The molecule has 114 valence electrons. The average Bonchev–Trinajstić information content (AvgIpc) is 2.52. The summed E-state index contributed by atoms with van der Waals surface area (Å²) in [4.78, 5) is 11.7. The number of ether oxygens (including phenoxy) is 1. The SMILES string of the molecule is C/C(=N\NC(=O)COc1ccc(Br)cc1)c1ccc(C)cc1. The molecule has 1 N–H and O–H groups in total. The Labute approximate surface area is 138 Å². The molecule has 0 aliphatic heterocycles. The van der Waals surface area contributed by atoms with Crippen LogP contribution < -0.4 is 10.2 Å². The van der Waals surface area contributed by atoms with Gasteiger partial charge in [0, 0.05) is 4.47 Å². The monoisotopic (exact) mass is 360 g/mol. The Morgan fingerprint density at radius 2 is 1.77 bits per heavy atom. The van der Waals surface area contributed by atoms with Crippen molar-refractivity contribution in [2.75, 3.05) is 6.61 Å². The Bertz CT molecular complexity index is 664. The van der Waals surface area contributed by atoms with Gasteiger partial charge in [0.05, 0.1) is 5.71 Å². The lowest BCUT2D eigenvalue weighted by molar-refractivity contribution is -0.123. The van der Waals surface area contributed by atoms with Crippen LogP contribution in [-0.2, 0) is 4.79 Å². The molecule has 5 heteroatoms. The van der Waals surface area contributed by atoms with E-state index >= 15 is 0 Å². The molecule has 4 nitrogen and oxygen atoms in total. The fourth-order valence-electron chi connectivity index (χ4n) is 1.72. The number of hydrogen-bond donors (Lipinski definition) is 1. The van der Waals surface area contributed by atoms with Gasteiger partial charge in [0.2, 0.25) is 0 Å². The highest BCUT2D eigenvalue weighted by atomic mass is 79.9. The first kappa shape index (κ1) is 16.2. The highest BCUT2D eigenvalue weighted by molar-refractivity contribution is 9.10. The Kier molecular flexibility index (Phi) is 5.72. The second kappa shape index (κ2) is 7.75. The van der Waals surface area contributed by atoms with Gasteiger partial charge in [-0.2, -0.15) is 5.10 Å². The second-order valence-electron chi connectivity index (χ2n) is 4.84. The van der Waals surface area contributed by atoms with E-state index in [1.54, 1.807) is 12.1 Å². The Balaban J connectivity index is 1.85. The van der Waals surface area contributed by atoms with Crippen LogP contribution in [0.1, 0.15) is 18.1 Å². The van der Waals surface area contributed by atoms with Crippen LogP contribution in [-0.4, -0.2) is 18.2 Å². The number of carbonyl (C=O) groups is 1. The summed E-state index contributed by atoms with van der Waals surface area (Å²) in [5, 5.41) is 4.08. The number of nitrogens with zero attached hydrogens (tertiary/aromatic N) is 1. The number of hydrazone groups is 1. The minimum Gasteiger partial charge on any atom is -0.484 e. The smallest absolute Gasteiger partial charge is 0.277 e. The summed E-state index contributed by atoms with van der Waals surface area (Å²) in [7, 11) is 0. The molecular weight excluding hydrogens is 344 g/mol. The number of carbonyl (C=O) groups excluding carboxylic acids is 1. The van der Waals surface area contributed by atoms with E-state index in [2.05, 4.69) is 26.5 Å². The van der Waals surface area contributed by atoms with Crippen LogP contribution in [0.2, 0.25) is 0 Å². The van der Waals surface area contributed by atoms with Crippen molar-refractivity contribution >= 4 is 27.5 Å². The topological polar surface area (TPSA) is 50.7 Å². The molecule has 0 bridgehead atoms. The van der Waals surface area contributed by atoms with Crippen LogP contribution in [0.3, 0.4) is 0 Å². The first-order valence-electron chi connectivity index (χ1n) is 6.83. The number of hydrogen-bond acceptors (Lipinski definition) is 3. The number of nitrogens with one attached hydrogen (secondary N) is 1. The van der Waals surface area contributed by atoms with Crippen LogP contribution in [0.15, 0.2) is 58.1 Å². The molecule has 0 unspecified atom stereocenters. The first-order valence-corrected chi connectivity index (χ1v) is 7.62. The highest BCUT2D eigenvalue weighted by Crippen LogP contribution is 2.15. The minimum absolute atomic E-state index is 0.0771. The zero-order valence-electron chi connectivity index (χ0n) is 12.5. The van der Waals surface area contributed by atoms with E-state index in [-0.39, 0.29) is 12.5 Å². The third-order valence-corrected chi connectivity index (χ3v) is 3.53. The molecule has 0 spiro atoms. The van der Waals surface area contributed by atoms with Gasteiger partial charge in [0.1, 0.15) is 5.75 Å². The quantitative estimate of drug-likeness (QED) is 0.653. The molecule has 0 aliphatic carbocycles. The Morgan fingerprint density at radius 3 is 2.41 bits per heavy atom. The number of amides is 1. The van der Waals surface area contributed by atoms with Crippen molar-refractivity contribution in [3.8, 4) is 5.75 Å². The van der Waals surface area contributed by atoms with Crippen LogP contribution in [0.4, 0.5) is 0 Å². The summed E-state index contributed by atoms with van der Waals surface area (Å²) in [5.74, 6) is 0.340. The maximum atomic E-state index is 11.7. The summed E-state index contributed by atoms with van der Waals surface area (Å²) in [5.41, 5.74) is 5.39. The van der Waals surface area contributed by atoms with Gasteiger partial charge in [0.25, 0.3) is 5.91 Å². The molecule has 0 aliphatic rings. The van der Waals surface area contributed by atoms with Gasteiger partial charge in [-0.05, 0) is 43.7 Å². The lowest BCUT2D eigenvalue weighted by Crippen LogP contribution is -2.25. The summed E-state index contributed by atoms with van der Waals surface area (Å²) < 4.78 is 6.34. The van der Waals surface area contributed by atoms with E-state index in [0.717, 1.165) is 15.7 Å². The van der Waals surface area contributed by atoms with Gasteiger partial charge in [-0.25, -0.2) is 5.43 Å². The van der Waals surface area contributed by atoms with Crippen molar-refractivity contribution in [3.63, 3.8) is 0 Å². The van der Waals surface area contributed by atoms with Gasteiger partial charge in [-0.1, -0.05) is 45.8 Å². The normalized spacial score (nSPS) is 11.1. The third-order valence-electron chi connectivity index (χ3n) is 3.00. The van der Waals surface area contributed by atoms with Crippen molar-refractivity contribution in [1.82, 2.24) is 5.43 Å². The lowest BCUT2D eigenvalue weighted by atomic mass is 10.1. The van der Waals surface area contributed by atoms with Gasteiger partial charge in [-0.3, -0.25) is 4.79 Å². The van der Waals surface area contributed by atoms with Crippen molar-refractivity contribution in [2.24, 2.45) is 5.10 Å². The molecule has 1 amide bonds. The number of benzene rings is 2. The van der Waals surface area contributed by atoms with E-state index in [1.807, 2.05) is 50.2 Å². The summed E-state index contributed by atoms with van der Waals surface area (Å²) in [6.07, 6.45) is 0. The summed E-state index contributed by atoms with van der Waals surface area (Å²) >= 11 is 3.34. The van der Waals surface area contributed by atoms with Crippen molar-refractivity contribution in [3.05, 3.63) is 64.1 Å². The van der Waals surface area contributed by atoms with Crippen LogP contribution in [0.25, 0.3) is 0 Å². The predicted octanol–water partition coefficient (Wildman–Crippen LogP) is 3.68. The summed E-state index contributed by atoms with van der Waals surface area (Å²) in [6, 6.07) is 15.2. The van der Waals surface area contributed by atoms with E-state index in [4.69, 9.17) is 4.74 Å². The fraction of sp³-hybridized carbons (Fsp3) is 0.176. The molecule has 2 aromatic carbocycles. The maximum absolute atomic E-state index is 11.7. The molecule has 2 rings (SSSR count). The van der Waals surface area contributed by atoms with E-state index in [0.29, 0.717) is 5.75 Å². The average molecular weight is 361 g/mol. The Hall–Kier alpha value is -2.14. The number of halogens is 1. The molecule has 0 saturated carbocycles. The van der Waals surface area contributed by atoms with Crippen molar-refractivity contribution in [2.45, 2.75) is 13.8 Å². The maximum Gasteiger partial charge on any atom is 0.277 e. The fourth-order valence-corrected chi connectivity index (χ4v) is 1.98. The van der Waals surface area contributed by atoms with Gasteiger partial charge < -0.3 is 4.74 Å². The van der Waals surface area contributed by atoms with Gasteiger partial charge in [-0.15, -0.1) is 0 Å². The lowest BCUT2D eigenvalue weighted by Gasteiger charge is -2.06. The van der Waals surface area contributed by atoms with Crippen LogP contribution >= 0.6 is 15.9 Å².